The van der Waals surface area contributed by atoms with E-state index in [1.54, 1.807) is 12.3 Å². The zero-order valence-corrected chi connectivity index (χ0v) is 18.9. The van der Waals surface area contributed by atoms with Gasteiger partial charge in [0.2, 0.25) is 0 Å². The molecule has 5 heteroatoms. The van der Waals surface area contributed by atoms with E-state index < -0.39 is 0 Å². The van der Waals surface area contributed by atoms with Gasteiger partial charge in [-0.05, 0) is 53.6 Å². The Kier molecular flexibility index (Phi) is 6.24. The van der Waals surface area contributed by atoms with Crippen molar-refractivity contribution < 1.29 is 4.74 Å². The summed E-state index contributed by atoms with van der Waals surface area (Å²) in [5.41, 5.74) is 5.53. The third kappa shape index (κ3) is 4.87. The monoisotopic (exact) mass is 456 g/mol. The number of halogens is 1. The largest absolute Gasteiger partial charge is 0.489 e. The van der Waals surface area contributed by atoms with E-state index in [1.807, 2.05) is 36.0 Å². The molecule has 1 aliphatic heterocycles. The van der Waals surface area contributed by atoms with Gasteiger partial charge in [0.25, 0.3) is 0 Å². The van der Waals surface area contributed by atoms with Gasteiger partial charge in [0, 0.05) is 34.0 Å². The van der Waals surface area contributed by atoms with Crippen molar-refractivity contribution in [1.82, 2.24) is 4.98 Å². The van der Waals surface area contributed by atoms with Crippen molar-refractivity contribution in [3.05, 3.63) is 119 Å². The fourth-order valence-corrected chi connectivity index (χ4v) is 4.99. The maximum atomic E-state index is 5.92. The number of rotatable bonds is 5. The van der Waals surface area contributed by atoms with Crippen LogP contribution in [0.25, 0.3) is 0 Å². The number of aromatic nitrogens is 1. The lowest BCUT2D eigenvalue weighted by atomic mass is 10.0. The van der Waals surface area contributed by atoms with Crippen LogP contribution in [0.15, 0.2) is 107 Å². The van der Waals surface area contributed by atoms with Gasteiger partial charge in [-0.2, -0.15) is 0 Å². The van der Waals surface area contributed by atoms with Gasteiger partial charge < -0.3 is 4.74 Å². The van der Waals surface area contributed by atoms with Crippen LogP contribution in [0.5, 0.6) is 5.75 Å². The van der Waals surface area contributed by atoms with Crippen LogP contribution in [0.3, 0.4) is 0 Å². The molecule has 1 aromatic heterocycles. The summed E-state index contributed by atoms with van der Waals surface area (Å²) in [5, 5.41) is 0.794. The van der Waals surface area contributed by atoms with Crippen molar-refractivity contribution in [3.63, 3.8) is 0 Å². The highest BCUT2D eigenvalue weighted by molar-refractivity contribution is 7.99. The first kappa shape index (κ1) is 20.8. The number of nitrogens with zero attached hydrogens (tertiary/aromatic N) is 2. The second-order valence-electron chi connectivity index (χ2n) is 7.55. The van der Waals surface area contributed by atoms with E-state index in [0.717, 1.165) is 34.7 Å². The van der Waals surface area contributed by atoms with Crippen molar-refractivity contribution in [2.24, 2.45) is 4.99 Å². The van der Waals surface area contributed by atoms with Crippen LogP contribution in [0, 0.1) is 0 Å². The SMILES string of the molecule is Clc1ccc(COc2ccc(C3=Nc4ccccc4SC(c4ccccc4)C3)cc2)cn1. The van der Waals surface area contributed by atoms with E-state index in [4.69, 9.17) is 21.3 Å². The first-order valence-electron chi connectivity index (χ1n) is 10.5. The fraction of sp³-hybridized carbons (Fsp3) is 0.111. The average Bonchev–Trinajstić information content (AvgIpc) is 3.04. The molecule has 5 rings (SSSR count). The molecule has 0 bridgehead atoms. The van der Waals surface area contributed by atoms with Crippen molar-refractivity contribution in [1.29, 1.82) is 0 Å². The van der Waals surface area contributed by atoms with E-state index in [1.165, 1.54) is 10.5 Å². The molecule has 1 aliphatic rings. The number of hydrogen-bond acceptors (Lipinski definition) is 4. The molecule has 32 heavy (non-hydrogen) atoms. The van der Waals surface area contributed by atoms with Crippen molar-refractivity contribution in [2.75, 3.05) is 0 Å². The Hall–Kier alpha value is -3.08. The highest BCUT2D eigenvalue weighted by Gasteiger charge is 2.22. The third-order valence-electron chi connectivity index (χ3n) is 5.32. The first-order chi connectivity index (χ1) is 15.7. The summed E-state index contributed by atoms with van der Waals surface area (Å²) < 4.78 is 5.92. The first-order valence-corrected chi connectivity index (χ1v) is 11.7. The number of aliphatic imine (C=N–C) groups is 1. The maximum absolute atomic E-state index is 5.92. The summed E-state index contributed by atoms with van der Waals surface area (Å²) in [5.74, 6) is 0.812. The third-order valence-corrected chi connectivity index (χ3v) is 6.87. The van der Waals surface area contributed by atoms with E-state index in [9.17, 15) is 0 Å². The fourth-order valence-electron chi connectivity index (χ4n) is 3.65. The number of para-hydroxylation sites is 1. The molecule has 3 nitrogen and oxygen atoms in total. The number of ether oxygens (including phenoxy) is 1. The molecule has 0 radical (unpaired) electrons. The number of thioether (sulfide) groups is 1. The van der Waals surface area contributed by atoms with E-state index >= 15 is 0 Å². The lowest BCUT2D eigenvalue weighted by Gasteiger charge is -2.16. The number of pyridine rings is 1. The minimum Gasteiger partial charge on any atom is -0.489 e. The van der Waals surface area contributed by atoms with Crippen LogP contribution >= 0.6 is 23.4 Å². The summed E-state index contributed by atoms with van der Waals surface area (Å²) in [7, 11) is 0. The Bertz CT molecular complexity index is 1220. The maximum Gasteiger partial charge on any atom is 0.129 e. The van der Waals surface area contributed by atoms with Crippen LogP contribution in [-0.2, 0) is 6.61 Å². The molecule has 0 aliphatic carbocycles. The summed E-state index contributed by atoms with van der Waals surface area (Å²) in [6, 6.07) is 30.9. The molecular formula is C27H21ClN2OS. The molecule has 0 spiro atoms. The summed E-state index contributed by atoms with van der Waals surface area (Å²) in [6.07, 6.45) is 2.59. The summed E-state index contributed by atoms with van der Waals surface area (Å²) in [4.78, 5) is 10.4. The average molecular weight is 457 g/mol. The molecule has 1 atom stereocenters. The lowest BCUT2D eigenvalue weighted by molar-refractivity contribution is 0.306. The van der Waals surface area contributed by atoms with Crippen LogP contribution in [0.4, 0.5) is 5.69 Å². The minimum absolute atomic E-state index is 0.312. The number of fused-ring (bicyclic) bond motifs is 1. The summed E-state index contributed by atoms with van der Waals surface area (Å²) in [6.45, 7) is 0.449. The van der Waals surface area contributed by atoms with Crippen LogP contribution in [-0.4, -0.2) is 10.7 Å². The normalized spacial score (nSPS) is 15.4. The molecule has 0 fully saturated rings. The highest BCUT2D eigenvalue weighted by Crippen LogP contribution is 2.45. The summed E-state index contributed by atoms with van der Waals surface area (Å²) >= 11 is 7.73. The molecule has 2 heterocycles. The van der Waals surface area contributed by atoms with Crippen molar-refractivity contribution in [2.45, 2.75) is 23.2 Å². The zero-order chi connectivity index (χ0) is 21.8. The van der Waals surface area contributed by atoms with E-state index in [-0.39, 0.29) is 0 Å². The van der Waals surface area contributed by atoms with E-state index in [2.05, 4.69) is 65.6 Å². The van der Waals surface area contributed by atoms with Gasteiger partial charge in [0.05, 0.1) is 5.69 Å². The quantitative estimate of drug-likeness (QED) is 0.289. The molecular weight excluding hydrogens is 436 g/mol. The smallest absolute Gasteiger partial charge is 0.129 e. The molecule has 1 unspecified atom stereocenters. The second kappa shape index (κ2) is 9.60. The molecule has 0 saturated heterocycles. The standard InChI is InChI=1S/C27H21ClN2OS/c28-27-15-10-19(17-29-27)18-31-22-13-11-20(12-14-22)24-16-26(21-6-2-1-3-7-21)32-25-9-5-4-8-23(25)30-24/h1-15,17,26H,16,18H2. The van der Waals surface area contributed by atoms with Crippen LogP contribution < -0.4 is 4.74 Å². The van der Waals surface area contributed by atoms with Gasteiger partial charge in [-0.25, -0.2) is 4.98 Å². The Morgan fingerprint density at radius 1 is 0.875 bits per heavy atom. The van der Waals surface area contributed by atoms with Gasteiger partial charge in [-0.1, -0.05) is 60.1 Å². The Labute approximate surface area is 197 Å². The van der Waals surface area contributed by atoms with Crippen LogP contribution in [0.2, 0.25) is 5.15 Å². The molecule has 0 saturated carbocycles. The lowest BCUT2D eigenvalue weighted by Crippen LogP contribution is -2.05. The molecule has 0 N–H and O–H groups in total. The second-order valence-corrected chi connectivity index (χ2v) is 9.18. The van der Waals surface area contributed by atoms with Crippen molar-refractivity contribution >= 4 is 34.8 Å². The van der Waals surface area contributed by atoms with Crippen LogP contribution in [0.1, 0.15) is 28.4 Å². The number of hydrogen-bond donors (Lipinski definition) is 0. The molecule has 4 aromatic rings. The van der Waals surface area contributed by atoms with Gasteiger partial charge in [-0.3, -0.25) is 4.99 Å². The zero-order valence-electron chi connectivity index (χ0n) is 17.3. The highest BCUT2D eigenvalue weighted by atomic mass is 35.5. The van der Waals surface area contributed by atoms with Crippen molar-refractivity contribution in [3.8, 4) is 5.75 Å². The molecule has 0 amide bonds. The molecule has 3 aromatic carbocycles. The number of benzene rings is 3. The molecule has 158 valence electrons. The Balaban J connectivity index is 1.38. The van der Waals surface area contributed by atoms with Gasteiger partial charge in [0.1, 0.15) is 17.5 Å². The topological polar surface area (TPSA) is 34.5 Å². The van der Waals surface area contributed by atoms with E-state index in [0.29, 0.717) is 17.0 Å². The Morgan fingerprint density at radius 3 is 2.44 bits per heavy atom. The Morgan fingerprint density at radius 2 is 1.66 bits per heavy atom. The van der Waals surface area contributed by atoms with Gasteiger partial charge in [0.15, 0.2) is 0 Å². The van der Waals surface area contributed by atoms with Gasteiger partial charge in [-0.15, -0.1) is 11.8 Å². The predicted octanol–water partition coefficient (Wildman–Crippen LogP) is 7.67. The predicted molar refractivity (Wildman–Crippen MR) is 132 cm³/mol. The van der Waals surface area contributed by atoms with Gasteiger partial charge >= 0.3 is 0 Å². The minimum atomic E-state index is 0.312.